The smallest absolute Gasteiger partial charge is 0.262 e. The quantitative estimate of drug-likeness (QED) is 0.490. The van der Waals surface area contributed by atoms with Gasteiger partial charge in [-0.3, -0.25) is 19.3 Å². The van der Waals surface area contributed by atoms with Crippen LogP contribution in [-0.2, 0) is 21.0 Å². The summed E-state index contributed by atoms with van der Waals surface area (Å²) >= 11 is 3.45. The monoisotopic (exact) mass is 492 g/mol. The molecule has 0 aliphatic carbocycles. The SMILES string of the molecule is COc1ccc(C2C3C(=O)N(Cc4ccccc4)C(=O)C3ON2c2ccc(Br)cc2)cc1. The molecule has 2 aliphatic heterocycles. The average Bonchev–Trinajstić information content (AvgIpc) is 3.32. The van der Waals surface area contributed by atoms with Gasteiger partial charge in [-0.05, 0) is 47.5 Å². The van der Waals surface area contributed by atoms with E-state index in [4.69, 9.17) is 9.57 Å². The van der Waals surface area contributed by atoms with E-state index in [2.05, 4.69) is 15.9 Å². The van der Waals surface area contributed by atoms with Crippen LogP contribution in [0.3, 0.4) is 0 Å². The molecule has 5 rings (SSSR count). The Morgan fingerprint density at radius 1 is 0.906 bits per heavy atom. The number of anilines is 1. The minimum absolute atomic E-state index is 0.218. The van der Waals surface area contributed by atoms with Gasteiger partial charge in [0.1, 0.15) is 11.7 Å². The van der Waals surface area contributed by atoms with E-state index in [9.17, 15) is 9.59 Å². The van der Waals surface area contributed by atoms with E-state index in [1.54, 1.807) is 12.2 Å². The number of imide groups is 1. The summed E-state index contributed by atoms with van der Waals surface area (Å²) in [7, 11) is 1.61. The number of fused-ring (bicyclic) bond motifs is 1. The van der Waals surface area contributed by atoms with Gasteiger partial charge in [-0.2, -0.15) is 0 Å². The summed E-state index contributed by atoms with van der Waals surface area (Å²) in [6.07, 6.45) is -0.859. The van der Waals surface area contributed by atoms with E-state index in [1.807, 2.05) is 78.9 Å². The highest BCUT2D eigenvalue weighted by Crippen LogP contribution is 2.47. The molecule has 0 N–H and O–H groups in total. The molecule has 3 aromatic carbocycles. The molecule has 162 valence electrons. The topological polar surface area (TPSA) is 59.1 Å². The van der Waals surface area contributed by atoms with Crippen LogP contribution in [0.25, 0.3) is 0 Å². The maximum absolute atomic E-state index is 13.5. The van der Waals surface area contributed by atoms with Crippen molar-refractivity contribution in [1.82, 2.24) is 4.90 Å². The Balaban J connectivity index is 1.52. The Labute approximate surface area is 194 Å². The minimum Gasteiger partial charge on any atom is -0.497 e. The number of carbonyl (C=O) groups excluding carboxylic acids is 2. The van der Waals surface area contributed by atoms with Crippen molar-refractivity contribution in [1.29, 1.82) is 0 Å². The molecule has 0 radical (unpaired) electrons. The number of halogens is 1. The Morgan fingerprint density at radius 2 is 1.59 bits per heavy atom. The van der Waals surface area contributed by atoms with Gasteiger partial charge in [0.25, 0.3) is 5.91 Å². The molecule has 0 bridgehead atoms. The molecule has 0 aromatic heterocycles. The summed E-state index contributed by atoms with van der Waals surface area (Å²) in [4.78, 5) is 34.2. The van der Waals surface area contributed by atoms with E-state index >= 15 is 0 Å². The maximum atomic E-state index is 13.5. The number of benzene rings is 3. The van der Waals surface area contributed by atoms with Gasteiger partial charge in [0.2, 0.25) is 5.91 Å². The van der Waals surface area contributed by atoms with Crippen molar-refractivity contribution in [2.75, 3.05) is 12.2 Å². The van der Waals surface area contributed by atoms with Crippen LogP contribution in [0.4, 0.5) is 5.69 Å². The lowest BCUT2D eigenvalue weighted by Crippen LogP contribution is -2.36. The Bertz CT molecular complexity index is 1130. The molecule has 3 unspecified atom stereocenters. The lowest BCUT2D eigenvalue weighted by atomic mass is 9.90. The molecule has 32 heavy (non-hydrogen) atoms. The van der Waals surface area contributed by atoms with E-state index in [-0.39, 0.29) is 18.4 Å². The zero-order chi connectivity index (χ0) is 22.2. The van der Waals surface area contributed by atoms with Gasteiger partial charge in [0.05, 0.1) is 25.4 Å². The first-order valence-corrected chi connectivity index (χ1v) is 11.1. The second-order valence-electron chi connectivity index (χ2n) is 7.82. The van der Waals surface area contributed by atoms with Crippen LogP contribution in [0, 0.1) is 5.92 Å². The molecule has 3 aromatic rings. The number of likely N-dealkylation sites (tertiary alicyclic amines) is 1. The number of methoxy groups -OCH3 is 1. The largest absolute Gasteiger partial charge is 0.497 e. The average molecular weight is 493 g/mol. The second kappa shape index (κ2) is 8.41. The van der Waals surface area contributed by atoms with Crippen LogP contribution in [0.2, 0.25) is 0 Å². The van der Waals surface area contributed by atoms with Crippen molar-refractivity contribution in [2.24, 2.45) is 5.92 Å². The Morgan fingerprint density at radius 3 is 2.25 bits per heavy atom. The lowest BCUT2D eigenvalue weighted by Gasteiger charge is -2.29. The number of hydrogen-bond donors (Lipinski definition) is 0. The minimum atomic E-state index is -0.859. The zero-order valence-corrected chi connectivity index (χ0v) is 18.9. The van der Waals surface area contributed by atoms with Gasteiger partial charge in [-0.15, -0.1) is 0 Å². The fourth-order valence-electron chi connectivity index (χ4n) is 4.35. The molecular weight excluding hydrogens is 472 g/mol. The third-order valence-electron chi connectivity index (χ3n) is 5.93. The third kappa shape index (κ3) is 3.57. The number of nitrogens with zero attached hydrogens (tertiary/aromatic N) is 2. The highest BCUT2D eigenvalue weighted by molar-refractivity contribution is 9.10. The van der Waals surface area contributed by atoms with Crippen molar-refractivity contribution < 1.29 is 19.2 Å². The summed E-state index contributed by atoms with van der Waals surface area (Å²) < 4.78 is 6.22. The summed E-state index contributed by atoms with van der Waals surface area (Å²) in [6, 6.07) is 24.2. The van der Waals surface area contributed by atoms with Crippen LogP contribution >= 0.6 is 15.9 Å². The number of rotatable bonds is 5. The molecular formula is C25H21BrN2O4. The summed E-state index contributed by atoms with van der Waals surface area (Å²) in [5.41, 5.74) is 2.56. The van der Waals surface area contributed by atoms with E-state index < -0.39 is 18.1 Å². The number of hydroxylamine groups is 1. The second-order valence-corrected chi connectivity index (χ2v) is 8.74. The first-order valence-electron chi connectivity index (χ1n) is 10.3. The van der Waals surface area contributed by atoms with Crippen LogP contribution in [0.5, 0.6) is 5.75 Å². The Hall–Kier alpha value is -3.16. The van der Waals surface area contributed by atoms with E-state index in [0.29, 0.717) is 0 Å². The summed E-state index contributed by atoms with van der Waals surface area (Å²) in [5, 5.41) is 1.69. The molecule has 3 atom stereocenters. The highest BCUT2D eigenvalue weighted by Gasteiger charge is 2.59. The predicted octanol–water partition coefficient (Wildman–Crippen LogP) is 4.50. The van der Waals surface area contributed by atoms with Crippen molar-refractivity contribution >= 4 is 33.4 Å². The lowest BCUT2D eigenvalue weighted by molar-refractivity contribution is -0.143. The van der Waals surface area contributed by atoms with Crippen LogP contribution in [0.15, 0.2) is 83.3 Å². The summed E-state index contributed by atoms with van der Waals surface area (Å²) in [5.74, 6) is -0.437. The number of hydrogen-bond acceptors (Lipinski definition) is 5. The van der Waals surface area contributed by atoms with Gasteiger partial charge in [0, 0.05) is 4.47 Å². The molecule has 2 amide bonds. The molecule has 0 spiro atoms. The highest BCUT2D eigenvalue weighted by atomic mass is 79.9. The fourth-order valence-corrected chi connectivity index (χ4v) is 4.61. The van der Waals surface area contributed by atoms with Gasteiger partial charge >= 0.3 is 0 Å². The van der Waals surface area contributed by atoms with Gasteiger partial charge in [-0.1, -0.05) is 58.4 Å². The Kier molecular flexibility index (Phi) is 5.45. The first-order chi connectivity index (χ1) is 15.6. The van der Waals surface area contributed by atoms with E-state index in [0.717, 1.165) is 27.0 Å². The third-order valence-corrected chi connectivity index (χ3v) is 6.46. The molecule has 0 saturated carbocycles. The van der Waals surface area contributed by atoms with Crippen molar-refractivity contribution in [3.05, 3.63) is 94.5 Å². The van der Waals surface area contributed by atoms with Crippen LogP contribution in [0.1, 0.15) is 17.2 Å². The molecule has 2 aliphatic rings. The van der Waals surface area contributed by atoms with Gasteiger partial charge in [0.15, 0.2) is 6.10 Å². The van der Waals surface area contributed by atoms with Crippen molar-refractivity contribution in [3.8, 4) is 5.75 Å². The first kappa shape index (κ1) is 20.7. The number of ether oxygens (including phenoxy) is 1. The number of amides is 2. The van der Waals surface area contributed by atoms with E-state index in [1.165, 1.54) is 4.90 Å². The maximum Gasteiger partial charge on any atom is 0.262 e. The fraction of sp³-hybridized carbons (Fsp3) is 0.200. The normalized spacial score (nSPS) is 22.4. The van der Waals surface area contributed by atoms with Crippen molar-refractivity contribution in [2.45, 2.75) is 18.7 Å². The molecule has 2 heterocycles. The van der Waals surface area contributed by atoms with Crippen molar-refractivity contribution in [3.63, 3.8) is 0 Å². The molecule has 2 saturated heterocycles. The number of carbonyl (C=O) groups is 2. The molecule has 7 heteroatoms. The van der Waals surface area contributed by atoms with Crippen LogP contribution in [-0.4, -0.2) is 29.9 Å². The standard InChI is InChI=1S/C25H21BrN2O4/c1-31-20-13-7-17(8-14-20)22-21-23(32-28(22)19-11-9-18(26)10-12-19)25(30)27(24(21)29)15-16-5-3-2-4-6-16/h2-14,21-23H,15H2,1H3. The van der Waals surface area contributed by atoms with Crippen LogP contribution < -0.4 is 9.80 Å². The predicted molar refractivity (Wildman–Crippen MR) is 123 cm³/mol. The van der Waals surface area contributed by atoms with Gasteiger partial charge in [-0.25, -0.2) is 5.06 Å². The summed E-state index contributed by atoms with van der Waals surface area (Å²) in [6.45, 7) is 0.239. The van der Waals surface area contributed by atoms with Gasteiger partial charge < -0.3 is 4.74 Å². The molecule has 6 nitrogen and oxygen atoms in total. The zero-order valence-electron chi connectivity index (χ0n) is 17.4. The molecule has 2 fully saturated rings.